The fourth-order valence-electron chi connectivity index (χ4n) is 1.31. The van der Waals surface area contributed by atoms with Gasteiger partial charge in [0.1, 0.15) is 17.2 Å². The third-order valence-corrected chi connectivity index (χ3v) is 1.91. The van der Waals surface area contributed by atoms with Crippen LogP contribution >= 0.6 is 0 Å². The van der Waals surface area contributed by atoms with E-state index in [9.17, 15) is 4.39 Å². The second-order valence-electron chi connectivity index (χ2n) is 2.91. The van der Waals surface area contributed by atoms with Crippen LogP contribution in [0.2, 0.25) is 0 Å². The predicted octanol–water partition coefficient (Wildman–Crippen LogP) is 2.32. The van der Waals surface area contributed by atoms with Crippen LogP contribution in [0, 0.1) is 19.7 Å². The molecule has 0 aliphatic carbocycles. The van der Waals surface area contributed by atoms with Crippen molar-refractivity contribution in [1.82, 2.24) is 9.97 Å². The van der Waals surface area contributed by atoms with Gasteiger partial charge in [0.2, 0.25) is 0 Å². The zero-order chi connectivity index (χ0) is 8.72. The summed E-state index contributed by atoms with van der Waals surface area (Å²) in [5.41, 5.74) is 2.23. The highest BCUT2D eigenvalue weighted by Crippen LogP contribution is 2.18. The molecule has 0 spiro atoms. The number of halogens is 1. The van der Waals surface area contributed by atoms with E-state index in [4.69, 9.17) is 0 Å². The number of aromatic amines is 1. The Hall–Kier alpha value is -1.38. The fourth-order valence-corrected chi connectivity index (χ4v) is 1.31. The lowest BCUT2D eigenvalue weighted by Gasteiger charge is -1.93. The second-order valence-corrected chi connectivity index (χ2v) is 2.91. The van der Waals surface area contributed by atoms with E-state index in [0.29, 0.717) is 5.52 Å². The van der Waals surface area contributed by atoms with Gasteiger partial charge >= 0.3 is 0 Å². The van der Waals surface area contributed by atoms with E-state index in [-0.39, 0.29) is 5.82 Å². The van der Waals surface area contributed by atoms with E-state index in [2.05, 4.69) is 9.97 Å². The molecule has 1 N–H and O–H groups in total. The van der Waals surface area contributed by atoms with Crippen LogP contribution in [-0.2, 0) is 0 Å². The van der Waals surface area contributed by atoms with Crippen LogP contribution in [0.15, 0.2) is 12.1 Å². The molecule has 0 aliphatic rings. The van der Waals surface area contributed by atoms with Crippen molar-refractivity contribution in [2.24, 2.45) is 0 Å². The van der Waals surface area contributed by atoms with Crippen molar-refractivity contribution in [3.05, 3.63) is 29.3 Å². The topological polar surface area (TPSA) is 28.7 Å². The van der Waals surface area contributed by atoms with Crippen molar-refractivity contribution in [2.45, 2.75) is 13.8 Å². The van der Waals surface area contributed by atoms with Gasteiger partial charge in [-0.3, -0.25) is 0 Å². The van der Waals surface area contributed by atoms with Crippen molar-refractivity contribution in [3.63, 3.8) is 0 Å². The number of hydrogen-bond donors (Lipinski definition) is 1. The molecule has 1 aromatic carbocycles. The molecule has 3 heteroatoms. The molecule has 2 rings (SSSR count). The van der Waals surface area contributed by atoms with Crippen LogP contribution < -0.4 is 0 Å². The summed E-state index contributed by atoms with van der Waals surface area (Å²) in [4.78, 5) is 7.06. The molecule has 2 nitrogen and oxygen atoms in total. The van der Waals surface area contributed by atoms with Gasteiger partial charge in [0.15, 0.2) is 0 Å². The van der Waals surface area contributed by atoms with Crippen LogP contribution in [0.1, 0.15) is 11.4 Å². The molecule has 2 aromatic rings. The molecule has 0 unspecified atom stereocenters. The first-order chi connectivity index (χ1) is 5.68. The van der Waals surface area contributed by atoms with Crippen molar-refractivity contribution < 1.29 is 4.39 Å². The van der Waals surface area contributed by atoms with Crippen molar-refractivity contribution in [2.75, 3.05) is 0 Å². The first-order valence-corrected chi connectivity index (χ1v) is 3.80. The number of rotatable bonds is 0. The van der Waals surface area contributed by atoms with E-state index in [1.54, 1.807) is 6.07 Å². The Morgan fingerprint density at radius 1 is 1.33 bits per heavy atom. The van der Waals surface area contributed by atoms with E-state index in [0.717, 1.165) is 16.9 Å². The number of aromatic nitrogens is 2. The maximum absolute atomic E-state index is 13.1. The van der Waals surface area contributed by atoms with Gasteiger partial charge in [-0.25, -0.2) is 9.37 Å². The number of hydrogen-bond acceptors (Lipinski definition) is 1. The highest BCUT2D eigenvalue weighted by molar-refractivity contribution is 5.79. The number of nitrogens with one attached hydrogen (secondary N) is 1. The average molecular weight is 164 g/mol. The molecule has 0 fully saturated rings. The number of H-pyrrole nitrogens is 1. The molecule has 0 bridgehead atoms. The summed E-state index contributed by atoms with van der Waals surface area (Å²) in [6.45, 7) is 3.74. The minimum atomic E-state index is -0.240. The van der Waals surface area contributed by atoms with Crippen molar-refractivity contribution >= 4 is 11.0 Å². The number of fused-ring (bicyclic) bond motifs is 1. The lowest BCUT2D eigenvalue weighted by molar-refractivity contribution is 0.637. The minimum absolute atomic E-state index is 0.240. The van der Waals surface area contributed by atoms with E-state index >= 15 is 0 Å². The molecule has 1 aromatic heterocycles. The quantitative estimate of drug-likeness (QED) is 0.636. The number of aryl methyl sites for hydroxylation is 2. The van der Waals surface area contributed by atoms with Gasteiger partial charge in [-0.05, 0) is 25.5 Å². The van der Waals surface area contributed by atoms with Crippen LogP contribution in [0.25, 0.3) is 11.0 Å². The summed E-state index contributed by atoms with van der Waals surface area (Å²) in [5.74, 6) is 0.509. The molecular formula is C9H9FN2. The molecule has 1 heterocycles. The molecule has 62 valence electrons. The monoisotopic (exact) mass is 164 g/mol. The third kappa shape index (κ3) is 0.897. The van der Waals surface area contributed by atoms with Gasteiger partial charge in [-0.1, -0.05) is 6.07 Å². The highest BCUT2D eigenvalue weighted by atomic mass is 19.1. The number of benzene rings is 1. The van der Waals surface area contributed by atoms with E-state index in [1.165, 1.54) is 6.07 Å². The Bertz CT molecular complexity index is 392. The Kier molecular flexibility index (Phi) is 1.40. The molecule has 0 saturated carbocycles. The summed E-state index contributed by atoms with van der Waals surface area (Å²) in [5, 5.41) is 0. The highest BCUT2D eigenvalue weighted by Gasteiger charge is 2.06. The van der Waals surface area contributed by atoms with Crippen LogP contribution in [-0.4, -0.2) is 9.97 Å². The van der Waals surface area contributed by atoms with Gasteiger partial charge in [0.25, 0.3) is 0 Å². The minimum Gasteiger partial charge on any atom is -0.340 e. The Morgan fingerprint density at radius 2 is 2.08 bits per heavy atom. The Morgan fingerprint density at radius 3 is 2.75 bits per heavy atom. The standard InChI is InChI=1S/C9H9FN2/c1-5-3-4-7(10)9-8(5)11-6(2)12-9/h3-4H,1-2H3,(H,11,12). The molecule has 0 amide bonds. The van der Waals surface area contributed by atoms with Crippen LogP contribution in [0.5, 0.6) is 0 Å². The normalized spacial score (nSPS) is 10.9. The van der Waals surface area contributed by atoms with Crippen LogP contribution in [0.3, 0.4) is 0 Å². The summed E-state index contributed by atoms with van der Waals surface area (Å²) in [6, 6.07) is 3.19. The molecule has 0 atom stereocenters. The van der Waals surface area contributed by atoms with Gasteiger partial charge in [0.05, 0.1) is 5.52 Å². The zero-order valence-corrected chi connectivity index (χ0v) is 6.98. The summed E-state index contributed by atoms with van der Waals surface area (Å²) in [6.07, 6.45) is 0. The van der Waals surface area contributed by atoms with Gasteiger partial charge < -0.3 is 4.98 Å². The first kappa shape index (κ1) is 7.28. The summed E-state index contributed by atoms with van der Waals surface area (Å²) < 4.78 is 13.1. The molecular weight excluding hydrogens is 155 g/mol. The average Bonchev–Trinajstić information content (AvgIpc) is 2.41. The molecule has 0 aliphatic heterocycles. The molecule has 12 heavy (non-hydrogen) atoms. The third-order valence-electron chi connectivity index (χ3n) is 1.91. The van der Waals surface area contributed by atoms with Crippen molar-refractivity contribution in [3.8, 4) is 0 Å². The van der Waals surface area contributed by atoms with E-state index < -0.39 is 0 Å². The Balaban J connectivity index is 2.93. The summed E-state index contributed by atoms with van der Waals surface area (Å²) >= 11 is 0. The second kappa shape index (κ2) is 2.30. The van der Waals surface area contributed by atoms with Gasteiger partial charge in [-0.2, -0.15) is 0 Å². The summed E-state index contributed by atoms with van der Waals surface area (Å²) in [7, 11) is 0. The lowest BCUT2D eigenvalue weighted by atomic mass is 10.2. The maximum atomic E-state index is 13.1. The molecule has 0 radical (unpaired) electrons. The largest absolute Gasteiger partial charge is 0.340 e. The van der Waals surface area contributed by atoms with Crippen molar-refractivity contribution in [1.29, 1.82) is 0 Å². The number of nitrogens with zero attached hydrogens (tertiary/aromatic N) is 1. The van der Waals surface area contributed by atoms with Crippen LogP contribution in [0.4, 0.5) is 4.39 Å². The zero-order valence-electron chi connectivity index (χ0n) is 6.98. The SMILES string of the molecule is Cc1nc2c(C)ccc(F)c2[nH]1. The Labute approximate surface area is 69.4 Å². The smallest absolute Gasteiger partial charge is 0.148 e. The predicted molar refractivity (Wildman–Crippen MR) is 45.5 cm³/mol. The fraction of sp³-hybridized carbons (Fsp3) is 0.222. The van der Waals surface area contributed by atoms with Gasteiger partial charge in [-0.15, -0.1) is 0 Å². The first-order valence-electron chi connectivity index (χ1n) is 3.80. The van der Waals surface area contributed by atoms with Gasteiger partial charge in [0, 0.05) is 0 Å². The van der Waals surface area contributed by atoms with E-state index in [1.807, 2.05) is 13.8 Å². The maximum Gasteiger partial charge on any atom is 0.148 e. The number of imidazole rings is 1. The lowest BCUT2D eigenvalue weighted by Crippen LogP contribution is -1.80. The molecule has 0 saturated heterocycles.